The van der Waals surface area contributed by atoms with Crippen molar-refractivity contribution in [2.45, 2.75) is 45.6 Å². The fourth-order valence-electron chi connectivity index (χ4n) is 3.48. The Kier molecular flexibility index (Phi) is 6.19. The SMILES string of the molecule is CCCNCC1CCCCN(C)C1c1ccc(F)c(C)c1. The molecule has 1 heterocycles. The van der Waals surface area contributed by atoms with Gasteiger partial charge in [0.2, 0.25) is 0 Å². The minimum absolute atomic E-state index is 0.101. The van der Waals surface area contributed by atoms with Gasteiger partial charge in [-0.2, -0.15) is 0 Å². The van der Waals surface area contributed by atoms with Crippen LogP contribution in [0.1, 0.15) is 49.8 Å². The Labute approximate surface area is 128 Å². The van der Waals surface area contributed by atoms with E-state index >= 15 is 0 Å². The lowest BCUT2D eigenvalue weighted by atomic mass is 9.88. The fraction of sp³-hybridized carbons (Fsp3) is 0.667. The molecule has 1 aromatic rings. The molecule has 1 aliphatic heterocycles. The Hall–Kier alpha value is -0.930. The molecule has 0 amide bonds. The van der Waals surface area contributed by atoms with E-state index in [4.69, 9.17) is 0 Å². The molecule has 2 unspecified atom stereocenters. The van der Waals surface area contributed by atoms with Crippen molar-refractivity contribution in [2.24, 2.45) is 5.92 Å². The fourth-order valence-corrected chi connectivity index (χ4v) is 3.48. The number of hydrogen-bond donors (Lipinski definition) is 1. The Balaban J connectivity index is 2.20. The first-order chi connectivity index (χ1) is 10.1. The molecule has 0 saturated carbocycles. The molecule has 1 fully saturated rings. The van der Waals surface area contributed by atoms with Crippen molar-refractivity contribution in [3.63, 3.8) is 0 Å². The van der Waals surface area contributed by atoms with Crippen LogP contribution >= 0.6 is 0 Å². The summed E-state index contributed by atoms with van der Waals surface area (Å²) < 4.78 is 13.6. The lowest BCUT2D eigenvalue weighted by molar-refractivity contribution is 0.189. The van der Waals surface area contributed by atoms with E-state index in [0.29, 0.717) is 12.0 Å². The van der Waals surface area contributed by atoms with Crippen molar-refractivity contribution < 1.29 is 4.39 Å². The van der Waals surface area contributed by atoms with Crippen LogP contribution in [0.15, 0.2) is 18.2 Å². The Bertz CT molecular complexity index is 447. The number of halogens is 1. The minimum Gasteiger partial charge on any atom is -0.316 e. The molecular weight excluding hydrogens is 263 g/mol. The van der Waals surface area contributed by atoms with Crippen LogP contribution < -0.4 is 5.32 Å². The van der Waals surface area contributed by atoms with Gasteiger partial charge < -0.3 is 5.32 Å². The summed E-state index contributed by atoms with van der Waals surface area (Å²) in [4.78, 5) is 2.46. The lowest BCUT2D eigenvalue weighted by Gasteiger charge is -2.33. The summed E-state index contributed by atoms with van der Waals surface area (Å²) in [5.74, 6) is 0.504. The summed E-state index contributed by atoms with van der Waals surface area (Å²) in [5, 5.41) is 3.58. The van der Waals surface area contributed by atoms with Gasteiger partial charge in [0.05, 0.1) is 0 Å². The lowest BCUT2D eigenvalue weighted by Crippen LogP contribution is -2.35. The van der Waals surface area contributed by atoms with Crippen molar-refractivity contribution in [3.8, 4) is 0 Å². The predicted octanol–water partition coefficient (Wildman–Crippen LogP) is 3.91. The summed E-state index contributed by atoms with van der Waals surface area (Å²) in [7, 11) is 2.21. The predicted molar refractivity (Wildman–Crippen MR) is 87.0 cm³/mol. The Morgan fingerprint density at radius 3 is 2.86 bits per heavy atom. The maximum atomic E-state index is 13.6. The number of likely N-dealkylation sites (tertiary alicyclic amines) is 1. The first-order valence-electron chi connectivity index (χ1n) is 8.30. The molecule has 0 aliphatic carbocycles. The zero-order valence-electron chi connectivity index (χ0n) is 13.7. The number of aryl methyl sites for hydroxylation is 1. The zero-order valence-corrected chi connectivity index (χ0v) is 13.7. The molecule has 0 bridgehead atoms. The largest absolute Gasteiger partial charge is 0.316 e. The quantitative estimate of drug-likeness (QED) is 0.828. The maximum absolute atomic E-state index is 13.6. The molecule has 3 heteroatoms. The molecule has 21 heavy (non-hydrogen) atoms. The average Bonchev–Trinajstić information content (AvgIpc) is 2.64. The van der Waals surface area contributed by atoms with Crippen molar-refractivity contribution >= 4 is 0 Å². The average molecular weight is 292 g/mol. The summed E-state index contributed by atoms with van der Waals surface area (Å²) in [6, 6.07) is 6.03. The van der Waals surface area contributed by atoms with E-state index in [9.17, 15) is 4.39 Å². The first-order valence-corrected chi connectivity index (χ1v) is 8.30. The van der Waals surface area contributed by atoms with Gasteiger partial charge in [-0.05, 0) is 76.0 Å². The molecule has 2 nitrogen and oxygen atoms in total. The van der Waals surface area contributed by atoms with Crippen molar-refractivity contribution in [1.82, 2.24) is 10.2 Å². The highest BCUT2D eigenvalue weighted by atomic mass is 19.1. The maximum Gasteiger partial charge on any atom is 0.126 e. The van der Waals surface area contributed by atoms with Crippen LogP contribution in [0.5, 0.6) is 0 Å². The van der Waals surface area contributed by atoms with E-state index in [1.807, 2.05) is 19.1 Å². The van der Waals surface area contributed by atoms with Crippen LogP contribution in [0.2, 0.25) is 0 Å². The number of nitrogens with zero attached hydrogens (tertiary/aromatic N) is 1. The molecule has 0 radical (unpaired) electrons. The highest BCUT2D eigenvalue weighted by Crippen LogP contribution is 2.34. The van der Waals surface area contributed by atoms with E-state index in [1.54, 1.807) is 6.07 Å². The first kappa shape index (κ1) is 16.4. The highest BCUT2D eigenvalue weighted by Gasteiger charge is 2.28. The van der Waals surface area contributed by atoms with Crippen molar-refractivity contribution in [2.75, 3.05) is 26.7 Å². The normalized spacial score (nSPS) is 24.0. The highest BCUT2D eigenvalue weighted by molar-refractivity contribution is 5.27. The van der Waals surface area contributed by atoms with E-state index in [1.165, 1.54) is 31.2 Å². The van der Waals surface area contributed by atoms with Crippen LogP contribution in [0.25, 0.3) is 0 Å². The molecule has 2 atom stereocenters. The molecule has 2 rings (SSSR count). The van der Waals surface area contributed by atoms with Gasteiger partial charge in [-0.25, -0.2) is 4.39 Å². The smallest absolute Gasteiger partial charge is 0.126 e. The van der Waals surface area contributed by atoms with Crippen molar-refractivity contribution in [3.05, 3.63) is 35.1 Å². The second-order valence-corrected chi connectivity index (χ2v) is 6.39. The summed E-state index contributed by atoms with van der Waals surface area (Å²) in [6.45, 7) is 7.33. The van der Waals surface area contributed by atoms with Crippen LogP contribution in [0.4, 0.5) is 4.39 Å². The van der Waals surface area contributed by atoms with Crippen LogP contribution in [0.3, 0.4) is 0 Å². The zero-order chi connectivity index (χ0) is 15.2. The summed E-state index contributed by atoms with van der Waals surface area (Å²) in [5.41, 5.74) is 2.02. The monoisotopic (exact) mass is 292 g/mol. The van der Waals surface area contributed by atoms with E-state index in [0.717, 1.165) is 25.2 Å². The molecule has 1 saturated heterocycles. The minimum atomic E-state index is -0.101. The number of rotatable bonds is 5. The Morgan fingerprint density at radius 2 is 2.14 bits per heavy atom. The molecule has 1 N–H and O–H groups in total. The second kappa shape index (κ2) is 7.90. The molecule has 0 spiro atoms. The van der Waals surface area contributed by atoms with Gasteiger partial charge in [-0.15, -0.1) is 0 Å². The van der Waals surface area contributed by atoms with E-state index in [2.05, 4.69) is 24.2 Å². The summed E-state index contributed by atoms with van der Waals surface area (Å²) >= 11 is 0. The van der Waals surface area contributed by atoms with Gasteiger partial charge in [0.25, 0.3) is 0 Å². The number of benzene rings is 1. The van der Waals surface area contributed by atoms with Crippen LogP contribution in [-0.4, -0.2) is 31.6 Å². The second-order valence-electron chi connectivity index (χ2n) is 6.39. The molecule has 1 aliphatic rings. The van der Waals surface area contributed by atoms with Gasteiger partial charge in [0, 0.05) is 6.04 Å². The molecule has 1 aromatic carbocycles. The van der Waals surface area contributed by atoms with Crippen LogP contribution in [-0.2, 0) is 0 Å². The molecule has 0 aromatic heterocycles. The van der Waals surface area contributed by atoms with Gasteiger partial charge in [-0.1, -0.05) is 25.5 Å². The summed E-state index contributed by atoms with van der Waals surface area (Å²) in [6.07, 6.45) is 4.97. The van der Waals surface area contributed by atoms with Crippen LogP contribution in [0, 0.1) is 18.7 Å². The van der Waals surface area contributed by atoms with Gasteiger partial charge in [-0.3, -0.25) is 4.90 Å². The third-order valence-electron chi connectivity index (χ3n) is 4.61. The van der Waals surface area contributed by atoms with Gasteiger partial charge in [0.15, 0.2) is 0 Å². The Morgan fingerprint density at radius 1 is 1.33 bits per heavy atom. The third kappa shape index (κ3) is 4.27. The van der Waals surface area contributed by atoms with Crippen molar-refractivity contribution in [1.29, 1.82) is 0 Å². The number of hydrogen-bond acceptors (Lipinski definition) is 2. The number of nitrogens with one attached hydrogen (secondary N) is 1. The topological polar surface area (TPSA) is 15.3 Å². The van der Waals surface area contributed by atoms with E-state index < -0.39 is 0 Å². The van der Waals surface area contributed by atoms with Gasteiger partial charge in [0.1, 0.15) is 5.82 Å². The standard InChI is InChI=1S/C18H29FN2/c1-4-10-20-13-16-7-5-6-11-21(3)18(16)15-8-9-17(19)14(2)12-15/h8-9,12,16,18,20H,4-7,10-11,13H2,1-3H3. The molecular formula is C18H29FN2. The van der Waals surface area contributed by atoms with Gasteiger partial charge >= 0.3 is 0 Å². The molecule has 118 valence electrons. The van der Waals surface area contributed by atoms with E-state index in [-0.39, 0.29) is 5.82 Å². The third-order valence-corrected chi connectivity index (χ3v) is 4.61.